The number of hydrogen-bond acceptors (Lipinski definition) is 3. The van der Waals surface area contributed by atoms with Crippen LogP contribution in [0.1, 0.15) is 41.5 Å². The molecule has 0 fully saturated rings. The van der Waals surface area contributed by atoms with Crippen LogP contribution in [0.25, 0.3) is 43.1 Å². The summed E-state index contributed by atoms with van der Waals surface area (Å²) in [6.45, 7) is 22.8. The number of benzene rings is 5. The molecule has 5 heteroatoms. The van der Waals surface area contributed by atoms with Crippen molar-refractivity contribution in [2.24, 2.45) is 0 Å². The Morgan fingerprint density at radius 1 is 0.595 bits per heavy atom. The molecule has 0 unspecified atom stereocenters. The van der Waals surface area contributed by atoms with Gasteiger partial charge in [-0.3, -0.25) is 0 Å². The van der Waals surface area contributed by atoms with Crippen molar-refractivity contribution in [2.75, 3.05) is 5.73 Å². The smallest absolute Gasteiger partial charge is 0.250 e. The van der Waals surface area contributed by atoms with E-state index in [2.05, 4.69) is 116 Å². The molecule has 0 saturated carbocycles. The van der Waals surface area contributed by atoms with Gasteiger partial charge in [0.05, 0.1) is 0 Å². The molecule has 0 aliphatic heterocycles. The van der Waals surface area contributed by atoms with E-state index in [9.17, 15) is 0 Å². The quantitative estimate of drug-likeness (QED) is 0.109. The Morgan fingerprint density at radius 2 is 1.14 bits per heavy atom. The van der Waals surface area contributed by atoms with Crippen molar-refractivity contribution in [1.29, 1.82) is 0 Å². The van der Waals surface area contributed by atoms with Gasteiger partial charge in [-0.2, -0.15) is 0 Å². The van der Waals surface area contributed by atoms with Crippen LogP contribution in [0.15, 0.2) is 54.6 Å². The number of hydrogen-bond donors (Lipinski definition) is 1. The van der Waals surface area contributed by atoms with E-state index >= 15 is 0 Å². The lowest BCUT2D eigenvalue weighted by molar-refractivity contribution is 0.444. The zero-order valence-corrected chi connectivity index (χ0v) is 26.1. The van der Waals surface area contributed by atoms with E-state index in [-0.39, 0.29) is 10.1 Å². The van der Waals surface area contributed by atoms with E-state index in [0.717, 1.165) is 28.0 Å². The maximum absolute atomic E-state index is 7.13. The van der Waals surface area contributed by atoms with Gasteiger partial charge in [0.2, 0.25) is 0 Å². The fourth-order valence-electron chi connectivity index (χ4n) is 4.73. The Morgan fingerprint density at radius 3 is 1.73 bits per heavy atom. The third-order valence-corrected chi connectivity index (χ3v) is 17.7. The number of nitrogens with two attached hydrogens (primary N) is 1. The maximum atomic E-state index is 7.13. The Kier molecular flexibility index (Phi) is 5.67. The molecule has 0 spiro atoms. The van der Waals surface area contributed by atoms with Crippen LogP contribution in [0, 0.1) is 0 Å². The van der Waals surface area contributed by atoms with Crippen LogP contribution in [-0.2, 0) is 0 Å². The number of nitrogen functional groups attached to an aromatic ring is 1. The average molecular weight is 528 g/mol. The van der Waals surface area contributed by atoms with Gasteiger partial charge in [0, 0.05) is 22.5 Å². The minimum atomic E-state index is -2.18. The molecule has 0 saturated heterocycles. The highest BCUT2D eigenvalue weighted by atomic mass is 28.4. The summed E-state index contributed by atoms with van der Waals surface area (Å²) >= 11 is 0. The molecule has 2 N–H and O–H groups in total. The molecule has 0 aliphatic rings. The highest BCUT2D eigenvalue weighted by Gasteiger charge is 2.42. The average Bonchev–Trinajstić information content (AvgIpc) is 2.77. The van der Waals surface area contributed by atoms with Crippen molar-refractivity contribution < 1.29 is 8.85 Å². The van der Waals surface area contributed by atoms with Gasteiger partial charge in [-0.25, -0.2) is 0 Å². The second kappa shape index (κ2) is 8.11. The zero-order chi connectivity index (χ0) is 27.1. The summed E-state index contributed by atoms with van der Waals surface area (Å²) in [7, 11) is -4.33. The van der Waals surface area contributed by atoms with Crippen LogP contribution in [0.3, 0.4) is 0 Å². The maximum Gasteiger partial charge on any atom is 0.250 e. The van der Waals surface area contributed by atoms with Crippen LogP contribution in [-0.4, -0.2) is 16.6 Å². The van der Waals surface area contributed by atoms with Gasteiger partial charge in [0.15, 0.2) is 5.75 Å². The summed E-state index contributed by atoms with van der Waals surface area (Å²) in [6.07, 6.45) is 0. The molecule has 5 rings (SSSR count). The van der Waals surface area contributed by atoms with Crippen LogP contribution < -0.4 is 14.6 Å². The number of rotatable bonds is 4. The van der Waals surface area contributed by atoms with Gasteiger partial charge in [-0.1, -0.05) is 84.0 Å². The first-order valence-corrected chi connectivity index (χ1v) is 19.1. The van der Waals surface area contributed by atoms with Gasteiger partial charge >= 0.3 is 0 Å². The van der Waals surface area contributed by atoms with Crippen molar-refractivity contribution in [3.8, 4) is 11.5 Å². The molecule has 0 amide bonds. The van der Waals surface area contributed by atoms with Gasteiger partial charge in [-0.05, 0) is 74.6 Å². The van der Waals surface area contributed by atoms with Gasteiger partial charge in [0.25, 0.3) is 16.6 Å². The minimum Gasteiger partial charge on any atom is -0.541 e. The molecule has 0 heterocycles. The lowest BCUT2D eigenvalue weighted by Crippen LogP contribution is -2.45. The molecule has 3 nitrogen and oxygen atoms in total. The summed E-state index contributed by atoms with van der Waals surface area (Å²) in [5.41, 5.74) is 7.63. The fraction of sp³-hybridized carbons (Fsp3) is 0.375. The van der Waals surface area contributed by atoms with E-state index < -0.39 is 16.6 Å². The highest BCUT2D eigenvalue weighted by Crippen LogP contribution is 2.50. The first-order chi connectivity index (χ1) is 17.0. The Bertz CT molecular complexity index is 1640. The Hall–Kier alpha value is -2.77. The summed E-state index contributed by atoms with van der Waals surface area (Å²) in [5, 5.41) is 9.66. The monoisotopic (exact) mass is 527 g/mol. The van der Waals surface area contributed by atoms with E-state index in [0.29, 0.717) is 0 Å². The predicted octanol–water partition coefficient (Wildman–Crippen LogP) is 10.1. The van der Waals surface area contributed by atoms with E-state index in [1.54, 1.807) is 0 Å². The van der Waals surface area contributed by atoms with Gasteiger partial charge < -0.3 is 14.6 Å². The third-order valence-electron chi connectivity index (χ3n) is 9.03. The highest BCUT2D eigenvalue weighted by molar-refractivity contribution is 6.75. The lowest BCUT2D eigenvalue weighted by atomic mass is 9.90. The molecular weight excluding hydrogens is 487 g/mol. The van der Waals surface area contributed by atoms with Crippen molar-refractivity contribution in [3.63, 3.8) is 0 Å². The molecule has 37 heavy (non-hydrogen) atoms. The van der Waals surface area contributed by atoms with Crippen molar-refractivity contribution >= 4 is 65.4 Å². The molecule has 0 atom stereocenters. The third kappa shape index (κ3) is 4.07. The zero-order valence-electron chi connectivity index (χ0n) is 24.1. The molecule has 194 valence electrons. The van der Waals surface area contributed by atoms with E-state index in [1.165, 1.54) is 32.3 Å². The molecule has 0 aromatic heterocycles. The van der Waals surface area contributed by atoms with Gasteiger partial charge in [0.1, 0.15) is 5.75 Å². The summed E-state index contributed by atoms with van der Waals surface area (Å²) in [6, 6.07) is 19.7. The van der Waals surface area contributed by atoms with Crippen LogP contribution in [0.4, 0.5) is 5.69 Å². The second-order valence-electron chi connectivity index (χ2n) is 13.7. The van der Waals surface area contributed by atoms with E-state index in [4.69, 9.17) is 14.6 Å². The van der Waals surface area contributed by atoms with Gasteiger partial charge in [-0.15, -0.1) is 0 Å². The standard InChI is InChI=1S/C32H41NO2Si2/c1-31(2,3)36(7,8)34-26-19-25(33)29-23-17-16-21-13-11-12-20-14-15-22(28(23)27(20)21)18-24(29)30(26)35-37(9,10)32(4,5)6/h11-19H,33H2,1-10H3. The molecule has 0 bridgehead atoms. The van der Waals surface area contributed by atoms with Crippen LogP contribution in [0.5, 0.6) is 11.5 Å². The molecule has 0 aliphatic carbocycles. The normalized spacial score (nSPS) is 13.8. The summed E-state index contributed by atoms with van der Waals surface area (Å²) in [4.78, 5) is 0. The predicted molar refractivity (Wildman–Crippen MR) is 168 cm³/mol. The number of fused-ring (bicyclic) bond motifs is 2. The first-order valence-electron chi connectivity index (χ1n) is 13.3. The van der Waals surface area contributed by atoms with Crippen LogP contribution in [0.2, 0.25) is 36.3 Å². The van der Waals surface area contributed by atoms with Crippen LogP contribution >= 0.6 is 0 Å². The van der Waals surface area contributed by atoms with Crippen molar-refractivity contribution in [1.82, 2.24) is 0 Å². The topological polar surface area (TPSA) is 44.5 Å². The summed E-state index contributed by atoms with van der Waals surface area (Å²) < 4.78 is 14.1. The second-order valence-corrected chi connectivity index (χ2v) is 23.1. The molecule has 5 aromatic carbocycles. The number of anilines is 1. The van der Waals surface area contributed by atoms with Crippen molar-refractivity contribution in [2.45, 2.75) is 77.8 Å². The SMILES string of the molecule is CC(C)(C)[Si](C)(C)Oc1cc(N)c2c(cc3ccc4cccc5ccc2c3c45)c1O[Si](C)(C)C(C)(C)C. The minimum absolute atomic E-state index is 0.0467. The molecule has 5 aromatic rings. The largest absolute Gasteiger partial charge is 0.541 e. The fourth-order valence-corrected chi connectivity index (χ4v) is 6.76. The first kappa shape index (κ1) is 25.9. The van der Waals surface area contributed by atoms with Crippen molar-refractivity contribution in [3.05, 3.63) is 54.6 Å². The summed E-state index contributed by atoms with van der Waals surface area (Å²) in [5.74, 6) is 1.64. The Balaban J connectivity index is 1.90. The molecular formula is C32H41NO2Si2. The van der Waals surface area contributed by atoms with E-state index in [1.807, 2.05) is 6.07 Å². The lowest BCUT2D eigenvalue weighted by Gasteiger charge is -2.40. The molecule has 0 radical (unpaired) electrons. The Labute approximate surface area is 223 Å².